The fraction of sp³-hybridized carbons (Fsp3) is 0.333. The van der Waals surface area contributed by atoms with Crippen LogP contribution in [-0.4, -0.2) is 23.1 Å². The largest absolute Gasteiger partial charge is 0.317 e. The van der Waals surface area contributed by atoms with Crippen molar-refractivity contribution in [3.05, 3.63) is 34.7 Å². The Kier molecular flexibility index (Phi) is 3.51. The van der Waals surface area contributed by atoms with Crippen molar-refractivity contribution >= 4 is 26.8 Å². The van der Waals surface area contributed by atoms with Crippen molar-refractivity contribution in [1.82, 2.24) is 15.3 Å². The molecule has 2 rings (SSSR count). The molecule has 0 aliphatic heterocycles. The first kappa shape index (κ1) is 11.5. The highest BCUT2D eigenvalue weighted by molar-refractivity contribution is 9.10. The third-order valence-electron chi connectivity index (χ3n) is 2.67. The van der Waals surface area contributed by atoms with Gasteiger partial charge in [-0.05, 0) is 32.2 Å². The lowest BCUT2D eigenvalue weighted by atomic mass is 10.1. The van der Waals surface area contributed by atoms with Gasteiger partial charge in [0.2, 0.25) is 0 Å². The quantitative estimate of drug-likeness (QED) is 0.939. The Hall–Kier alpha value is -1.000. The van der Waals surface area contributed by atoms with Crippen LogP contribution in [0, 0.1) is 0 Å². The summed E-state index contributed by atoms with van der Waals surface area (Å²) in [6.45, 7) is 2.15. The van der Waals surface area contributed by atoms with E-state index >= 15 is 0 Å². The Morgan fingerprint density at radius 1 is 1.38 bits per heavy atom. The van der Waals surface area contributed by atoms with E-state index in [0.29, 0.717) is 6.04 Å². The van der Waals surface area contributed by atoms with E-state index in [0.717, 1.165) is 27.5 Å². The summed E-state index contributed by atoms with van der Waals surface area (Å²) >= 11 is 3.45. The van der Waals surface area contributed by atoms with Gasteiger partial charge in [0.1, 0.15) is 6.33 Å². The molecular weight excluding hydrogens is 266 g/mol. The van der Waals surface area contributed by atoms with Crippen molar-refractivity contribution in [3.8, 4) is 0 Å². The number of likely N-dealkylation sites (N-methyl/N-ethyl adjacent to an activating group) is 1. The van der Waals surface area contributed by atoms with Crippen LogP contribution in [0.4, 0.5) is 0 Å². The van der Waals surface area contributed by atoms with E-state index in [1.807, 2.05) is 19.2 Å². The molecule has 1 aromatic heterocycles. The number of benzene rings is 1. The molecule has 1 aromatic carbocycles. The molecule has 1 heterocycles. The summed E-state index contributed by atoms with van der Waals surface area (Å²) in [5.74, 6) is 0. The van der Waals surface area contributed by atoms with E-state index in [1.54, 1.807) is 6.33 Å². The van der Waals surface area contributed by atoms with Crippen molar-refractivity contribution in [2.75, 3.05) is 7.05 Å². The van der Waals surface area contributed by atoms with Crippen LogP contribution in [0.2, 0.25) is 0 Å². The highest BCUT2D eigenvalue weighted by Gasteiger charge is 2.07. The zero-order valence-electron chi connectivity index (χ0n) is 9.37. The number of hydrogen-bond donors (Lipinski definition) is 1. The van der Waals surface area contributed by atoms with Crippen LogP contribution in [-0.2, 0) is 6.42 Å². The fourth-order valence-corrected chi connectivity index (χ4v) is 1.99. The molecule has 3 nitrogen and oxygen atoms in total. The summed E-state index contributed by atoms with van der Waals surface area (Å²) in [5.41, 5.74) is 2.09. The molecule has 0 saturated heterocycles. The van der Waals surface area contributed by atoms with Gasteiger partial charge in [0.25, 0.3) is 0 Å². The van der Waals surface area contributed by atoms with Crippen molar-refractivity contribution in [2.24, 2.45) is 0 Å². The number of aromatic nitrogens is 2. The number of halogens is 1. The Balaban J connectivity index is 2.45. The second-order valence-electron chi connectivity index (χ2n) is 3.88. The lowest BCUT2D eigenvalue weighted by molar-refractivity contribution is 0.602. The average Bonchev–Trinajstić information content (AvgIpc) is 2.28. The Morgan fingerprint density at radius 2 is 2.19 bits per heavy atom. The van der Waals surface area contributed by atoms with Crippen LogP contribution in [0.3, 0.4) is 0 Å². The summed E-state index contributed by atoms with van der Waals surface area (Å²) in [6, 6.07) is 6.53. The Labute approximate surface area is 103 Å². The van der Waals surface area contributed by atoms with Crippen LogP contribution in [0.25, 0.3) is 10.9 Å². The predicted molar refractivity (Wildman–Crippen MR) is 69.5 cm³/mol. The minimum atomic E-state index is 0.418. The average molecular weight is 280 g/mol. The minimum Gasteiger partial charge on any atom is -0.317 e. The zero-order valence-corrected chi connectivity index (χ0v) is 11.0. The van der Waals surface area contributed by atoms with E-state index in [-0.39, 0.29) is 0 Å². The van der Waals surface area contributed by atoms with Gasteiger partial charge < -0.3 is 5.32 Å². The SMILES string of the molecule is CNC(C)Cc1ncnc2cc(Br)ccc12. The third kappa shape index (κ3) is 2.39. The molecule has 0 fully saturated rings. The first-order valence-electron chi connectivity index (χ1n) is 5.27. The molecule has 0 bridgehead atoms. The molecule has 0 aliphatic carbocycles. The molecule has 16 heavy (non-hydrogen) atoms. The van der Waals surface area contributed by atoms with E-state index in [2.05, 4.69) is 44.2 Å². The molecule has 1 N–H and O–H groups in total. The van der Waals surface area contributed by atoms with Crippen molar-refractivity contribution in [2.45, 2.75) is 19.4 Å². The molecule has 0 aliphatic rings. The van der Waals surface area contributed by atoms with Gasteiger partial charge in [-0.15, -0.1) is 0 Å². The van der Waals surface area contributed by atoms with Gasteiger partial charge in [-0.25, -0.2) is 9.97 Å². The van der Waals surface area contributed by atoms with Crippen LogP contribution >= 0.6 is 15.9 Å². The van der Waals surface area contributed by atoms with Crippen molar-refractivity contribution < 1.29 is 0 Å². The van der Waals surface area contributed by atoms with E-state index in [9.17, 15) is 0 Å². The second kappa shape index (κ2) is 4.89. The molecule has 1 unspecified atom stereocenters. The standard InChI is InChI=1S/C12H14BrN3/c1-8(14-2)5-11-10-4-3-9(13)6-12(10)16-7-15-11/h3-4,6-8,14H,5H2,1-2H3. The minimum absolute atomic E-state index is 0.418. The number of nitrogens with zero attached hydrogens (tertiary/aromatic N) is 2. The fourth-order valence-electron chi connectivity index (χ4n) is 1.64. The van der Waals surface area contributed by atoms with Crippen LogP contribution in [0.5, 0.6) is 0 Å². The van der Waals surface area contributed by atoms with Gasteiger partial charge >= 0.3 is 0 Å². The summed E-state index contributed by atoms with van der Waals surface area (Å²) in [6.07, 6.45) is 2.55. The number of hydrogen-bond acceptors (Lipinski definition) is 3. The predicted octanol–water partition coefficient (Wildman–Crippen LogP) is 2.54. The van der Waals surface area contributed by atoms with E-state index in [4.69, 9.17) is 0 Å². The normalized spacial score (nSPS) is 12.9. The highest BCUT2D eigenvalue weighted by Crippen LogP contribution is 2.20. The lowest BCUT2D eigenvalue weighted by Gasteiger charge is -2.10. The van der Waals surface area contributed by atoms with Crippen LogP contribution < -0.4 is 5.32 Å². The van der Waals surface area contributed by atoms with Crippen LogP contribution in [0.15, 0.2) is 29.0 Å². The molecule has 1 atom stereocenters. The van der Waals surface area contributed by atoms with Crippen molar-refractivity contribution in [1.29, 1.82) is 0 Å². The number of fused-ring (bicyclic) bond motifs is 1. The molecule has 0 amide bonds. The maximum atomic E-state index is 4.36. The number of rotatable bonds is 3. The second-order valence-corrected chi connectivity index (χ2v) is 4.79. The number of nitrogens with one attached hydrogen (secondary N) is 1. The Morgan fingerprint density at radius 3 is 2.94 bits per heavy atom. The monoisotopic (exact) mass is 279 g/mol. The molecule has 0 spiro atoms. The molecule has 4 heteroatoms. The zero-order chi connectivity index (χ0) is 11.5. The first-order chi connectivity index (χ1) is 7.70. The maximum absolute atomic E-state index is 4.36. The van der Waals surface area contributed by atoms with Crippen LogP contribution in [0.1, 0.15) is 12.6 Å². The van der Waals surface area contributed by atoms with Gasteiger partial charge in [0.15, 0.2) is 0 Å². The van der Waals surface area contributed by atoms with Gasteiger partial charge in [0.05, 0.1) is 11.2 Å². The van der Waals surface area contributed by atoms with Crippen molar-refractivity contribution in [3.63, 3.8) is 0 Å². The third-order valence-corrected chi connectivity index (χ3v) is 3.17. The van der Waals surface area contributed by atoms with E-state index in [1.165, 1.54) is 0 Å². The summed E-state index contributed by atoms with van der Waals surface area (Å²) < 4.78 is 1.05. The van der Waals surface area contributed by atoms with Gasteiger partial charge in [-0.3, -0.25) is 0 Å². The highest BCUT2D eigenvalue weighted by atomic mass is 79.9. The Bertz CT molecular complexity index is 499. The summed E-state index contributed by atoms with van der Waals surface area (Å²) in [4.78, 5) is 8.63. The van der Waals surface area contributed by atoms with Gasteiger partial charge in [-0.2, -0.15) is 0 Å². The molecular formula is C12H14BrN3. The first-order valence-corrected chi connectivity index (χ1v) is 6.06. The smallest absolute Gasteiger partial charge is 0.116 e. The van der Waals surface area contributed by atoms with E-state index < -0.39 is 0 Å². The maximum Gasteiger partial charge on any atom is 0.116 e. The lowest BCUT2D eigenvalue weighted by Crippen LogP contribution is -2.24. The molecule has 2 aromatic rings. The molecule has 0 saturated carbocycles. The molecule has 0 radical (unpaired) electrons. The molecule has 84 valence electrons. The topological polar surface area (TPSA) is 37.8 Å². The summed E-state index contributed by atoms with van der Waals surface area (Å²) in [7, 11) is 1.96. The summed E-state index contributed by atoms with van der Waals surface area (Å²) in [5, 5.41) is 4.35. The van der Waals surface area contributed by atoms with Gasteiger partial charge in [-0.1, -0.05) is 15.9 Å². The van der Waals surface area contributed by atoms with Gasteiger partial charge in [0, 0.05) is 22.3 Å².